The van der Waals surface area contributed by atoms with Crippen molar-refractivity contribution in [1.29, 1.82) is 0 Å². The molecule has 5 nitrogen and oxygen atoms in total. The van der Waals surface area contributed by atoms with Gasteiger partial charge < -0.3 is 15.2 Å². The molecule has 1 amide bonds. The molecule has 0 heterocycles. The molecule has 2 rings (SSSR count). The number of hydrogen-bond donors (Lipinski definition) is 2. The van der Waals surface area contributed by atoms with Crippen LogP contribution in [-0.4, -0.2) is 30.2 Å². The zero-order valence-corrected chi connectivity index (χ0v) is 13.4. The van der Waals surface area contributed by atoms with Gasteiger partial charge in [-0.05, 0) is 36.1 Å². The number of anilines is 1. The van der Waals surface area contributed by atoms with E-state index in [-0.39, 0.29) is 18.9 Å². The van der Waals surface area contributed by atoms with E-state index in [0.29, 0.717) is 18.7 Å². The first-order chi connectivity index (χ1) is 11.6. The van der Waals surface area contributed by atoms with Crippen LogP contribution in [0, 0.1) is 0 Å². The lowest BCUT2D eigenvalue weighted by Gasteiger charge is -2.07. The third-order valence-corrected chi connectivity index (χ3v) is 3.48. The zero-order chi connectivity index (χ0) is 17.2. The van der Waals surface area contributed by atoms with Gasteiger partial charge in [0.05, 0.1) is 6.61 Å². The Labute approximate surface area is 141 Å². The Balaban J connectivity index is 1.67. The number of aliphatic carboxylic acids is 1. The molecule has 0 bridgehead atoms. The van der Waals surface area contributed by atoms with Crippen LogP contribution in [0.25, 0.3) is 0 Å². The Morgan fingerprint density at radius 2 is 1.58 bits per heavy atom. The van der Waals surface area contributed by atoms with Crippen LogP contribution in [0.15, 0.2) is 54.6 Å². The largest absolute Gasteiger partial charge is 0.481 e. The monoisotopic (exact) mass is 327 g/mol. The number of aryl methyl sites for hydroxylation is 1. The van der Waals surface area contributed by atoms with Crippen molar-refractivity contribution in [1.82, 2.24) is 0 Å². The van der Waals surface area contributed by atoms with Gasteiger partial charge in [0, 0.05) is 12.1 Å². The number of benzene rings is 2. The molecule has 0 fully saturated rings. The van der Waals surface area contributed by atoms with Crippen LogP contribution in [0.4, 0.5) is 5.69 Å². The Bertz CT molecular complexity index is 653. The van der Waals surface area contributed by atoms with E-state index < -0.39 is 5.97 Å². The Kier molecular flexibility index (Phi) is 6.98. The fraction of sp³-hybridized carbons (Fsp3) is 0.263. The molecule has 0 aliphatic heterocycles. The van der Waals surface area contributed by atoms with Crippen LogP contribution in [0.5, 0.6) is 0 Å². The first-order valence-electron chi connectivity index (χ1n) is 7.86. The first kappa shape index (κ1) is 17.7. The second kappa shape index (κ2) is 9.47. The summed E-state index contributed by atoms with van der Waals surface area (Å²) >= 11 is 0. The van der Waals surface area contributed by atoms with Gasteiger partial charge in [0.2, 0.25) is 5.91 Å². The number of carboxylic acids is 1. The molecule has 0 spiro atoms. The normalized spacial score (nSPS) is 10.3. The number of amides is 1. The van der Waals surface area contributed by atoms with Crippen LogP contribution in [0.3, 0.4) is 0 Å². The summed E-state index contributed by atoms with van der Waals surface area (Å²) in [4.78, 5) is 22.3. The summed E-state index contributed by atoms with van der Waals surface area (Å²) < 4.78 is 5.38. The average molecular weight is 327 g/mol. The van der Waals surface area contributed by atoms with Crippen molar-refractivity contribution in [3.8, 4) is 0 Å². The van der Waals surface area contributed by atoms with Crippen molar-refractivity contribution in [2.45, 2.75) is 19.3 Å². The van der Waals surface area contributed by atoms with E-state index in [4.69, 9.17) is 9.84 Å². The van der Waals surface area contributed by atoms with Crippen LogP contribution in [-0.2, 0) is 27.2 Å². The van der Waals surface area contributed by atoms with E-state index in [9.17, 15) is 9.59 Å². The molecule has 2 N–H and O–H groups in total. The van der Waals surface area contributed by atoms with Gasteiger partial charge in [0.1, 0.15) is 6.61 Å². The van der Waals surface area contributed by atoms with Gasteiger partial charge >= 0.3 is 5.97 Å². The smallest absolute Gasteiger partial charge is 0.303 e. The molecule has 0 saturated heterocycles. The highest BCUT2D eigenvalue weighted by Gasteiger charge is 2.04. The third kappa shape index (κ3) is 6.62. The van der Waals surface area contributed by atoms with E-state index in [1.165, 1.54) is 5.56 Å². The quantitative estimate of drug-likeness (QED) is 0.694. The molecule has 24 heavy (non-hydrogen) atoms. The zero-order valence-electron chi connectivity index (χ0n) is 13.4. The van der Waals surface area contributed by atoms with Crippen LogP contribution in [0.2, 0.25) is 0 Å². The SMILES string of the molecule is O=C(O)CCc1ccc(NC(=O)COCCc2ccccc2)cc1. The molecule has 0 aliphatic carbocycles. The maximum absolute atomic E-state index is 11.8. The van der Waals surface area contributed by atoms with Crippen molar-refractivity contribution >= 4 is 17.6 Å². The molecule has 0 atom stereocenters. The van der Waals surface area contributed by atoms with E-state index >= 15 is 0 Å². The molecular weight excluding hydrogens is 306 g/mol. The minimum absolute atomic E-state index is 0.00754. The van der Waals surface area contributed by atoms with E-state index in [1.807, 2.05) is 42.5 Å². The van der Waals surface area contributed by atoms with Crippen molar-refractivity contribution in [2.75, 3.05) is 18.5 Å². The second-order valence-electron chi connectivity index (χ2n) is 5.43. The summed E-state index contributed by atoms with van der Waals surface area (Å²) in [5.74, 6) is -1.03. The topological polar surface area (TPSA) is 75.6 Å². The molecular formula is C19H21NO4. The van der Waals surface area contributed by atoms with Gasteiger partial charge in [-0.15, -0.1) is 0 Å². The fourth-order valence-corrected chi connectivity index (χ4v) is 2.20. The minimum atomic E-state index is -0.819. The maximum Gasteiger partial charge on any atom is 0.303 e. The summed E-state index contributed by atoms with van der Waals surface area (Å²) in [5.41, 5.74) is 2.77. The molecule has 0 saturated carbocycles. The second-order valence-corrected chi connectivity index (χ2v) is 5.43. The maximum atomic E-state index is 11.8. The summed E-state index contributed by atoms with van der Waals surface area (Å²) in [7, 11) is 0. The molecule has 2 aromatic carbocycles. The van der Waals surface area contributed by atoms with Crippen molar-refractivity contribution in [3.63, 3.8) is 0 Å². The summed E-state index contributed by atoms with van der Waals surface area (Å²) in [5, 5.41) is 11.4. The molecule has 0 radical (unpaired) electrons. The number of carbonyl (C=O) groups excluding carboxylic acids is 1. The molecule has 2 aromatic rings. The number of ether oxygens (including phenoxy) is 1. The third-order valence-electron chi connectivity index (χ3n) is 3.48. The van der Waals surface area contributed by atoms with E-state index in [1.54, 1.807) is 12.1 Å². The van der Waals surface area contributed by atoms with Crippen LogP contribution in [0.1, 0.15) is 17.5 Å². The van der Waals surface area contributed by atoms with Gasteiger partial charge in [0.25, 0.3) is 0 Å². The van der Waals surface area contributed by atoms with E-state index in [2.05, 4.69) is 5.32 Å². The standard InChI is InChI=1S/C19H21NO4/c21-18(14-24-13-12-15-4-2-1-3-5-15)20-17-9-6-16(7-10-17)8-11-19(22)23/h1-7,9-10H,8,11-14H2,(H,20,21)(H,22,23). The Hall–Kier alpha value is -2.66. The van der Waals surface area contributed by atoms with Gasteiger partial charge in [-0.2, -0.15) is 0 Å². The fourth-order valence-electron chi connectivity index (χ4n) is 2.20. The number of carbonyl (C=O) groups is 2. The minimum Gasteiger partial charge on any atom is -0.481 e. The number of rotatable bonds is 9. The number of nitrogens with one attached hydrogen (secondary N) is 1. The van der Waals surface area contributed by atoms with Crippen molar-refractivity contribution in [3.05, 3.63) is 65.7 Å². The van der Waals surface area contributed by atoms with Gasteiger partial charge in [-0.25, -0.2) is 0 Å². The summed E-state index contributed by atoms with van der Waals surface area (Å²) in [6, 6.07) is 17.1. The van der Waals surface area contributed by atoms with E-state index in [0.717, 1.165) is 12.0 Å². The number of carboxylic acid groups (broad SMARTS) is 1. The molecule has 126 valence electrons. The Morgan fingerprint density at radius 3 is 2.25 bits per heavy atom. The number of hydrogen-bond acceptors (Lipinski definition) is 3. The summed E-state index contributed by atoms with van der Waals surface area (Å²) in [6.45, 7) is 0.499. The highest BCUT2D eigenvalue weighted by Crippen LogP contribution is 2.11. The highest BCUT2D eigenvalue weighted by molar-refractivity contribution is 5.91. The lowest BCUT2D eigenvalue weighted by molar-refractivity contribution is -0.137. The molecule has 5 heteroatoms. The lowest BCUT2D eigenvalue weighted by Crippen LogP contribution is -2.19. The van der Waals surface area contributed by atoms with Gasteiger partial charge in [-0.1, -0.05) is 42.5 Å². The lowest BCUT2D eigenvalue weighted by atomic mass is 10.1. The molecule has 0 unspecified atom stereocenters. The van der Waals surface area contributed by atoms with Crippen LogP contribution >= 0.6 is 0 Å². The van der Waals surface area contributed by atoms with Crippen LogP contribution < -0.4 is 5.32 Å². The first-order valence-corrected chi connectivity index (χ1v) is 7.86. The van der Waals surface area contributed by atoms with Gasteiger partial charge in [0.15, 0.2) is 0 Å². The molecule has 0 aromatic heterocycles. The van der Waals surface area contributed by atoms with Crippen molar-refractivity contribution in [2.24, 2.45) is 0 Å². The van der Waals surface area contributed by atoms with Gasteiger partial charge in [-0.3, -0.25) is 9.59 Å². The molecule has 0 aliphatic rings. The predicted molar refractivity (Wildman–Crippen MR) is 92.0 cm³/mol. The summed E-state index contributed by atoms with van der Waals surface area (Å²) in [6.07, 6.45) is 1.35. The Morgan fingerprint density at radius 1 is 0.917 bits per heavy atom. The predicted octanol–water partition coefficient (Wildman–Crippen LogP) is 2.90. The average Bonchev–Trinajstić information content (AvgIpc) is 2.59. The highest BCUT2D eigenvalue weighted by atomic mass is 16.5. The van der Waals surface area contributed by atoms with Crippen molar-refractivity contribution < 1.29 is 19.4 Å².